The Balaban J connectivity index is 1.44. The smallest absolute Gasteiger partial charge is 0.0709 e. The zero-order chi connectivity index (χ0) is 43.1. The Morgan fingerprint density at radius 2 is 0.770 bits per heavy atom. The molecular weight excluding hydrogens is 739 g/mol. The summed E-state index contributed by atoms with van der Waals surface area (Å²) in [6.45, 7) is 22.6. The van der Waals surface area contributed by atoms with Crippen molar-refractivity contribution in [2.75, 3.05) is 4.90 Å². The van der Waals surface area contributed by atoms with Crippen LogP contribution in [-0.2, 0) is 10.8 Å². The van der Waals surface area contributed by atoms with Crippen LogP contribution in [0.1, 0.15) is 74.9 Å². The number of nitrogens with zero attached hydrogens (tertiary/aromatic N) is 3. The summed E-state index contributed by atoms with van der Waals surface area (Å²) in [5, 5.41) is 0. The van der Waals surface area contributed by atoms with Crippen LogP contribution in [0.25, 0.3) is 55.9 Å². The molecule has 3 heteroatoms. The Bertz CT molecular complexity index is 2690. The van der Waals surface area contributed by atoms with E-state index in [4.69, 9.17) is 9.97 Å². The zero-order valence-corrected chi connectivity index (χ0v) is 37.4. The van der Waals surface area contributed by atoms with Gasteiger partial charge in [-0.2, -0.15) is 0 Å². The quantitative estimate of drug-likeness (QED) is 0.153. The summed E-state index contributed by atoms with van der Waals surface area (Å²) in [6.07, 6.45) is 4.04. The average molecular weight is 796 g/mol. The second-order valence-corrected chi connectivity index (χ2v) is 18.7. The maximum atomic E-state index is 5.11. The lowest BCUT2D eigenvalue weighted by Gasteiger charge is -2.33. The van der Waals surface area contributed by atoms with Gasteiger partial charge in [0.15, 0.2) is 0 Å². The molecule has 0 aliphatic rings. The Morgan fingerprint density at radius 3 is 1.16 bits per heavy atom. The molecule has 0 bridgehead atoms. The van der Waals surface area contributed by atoms with E-state index in [1.54, 1.807) is 0 Å². The van der Waals surface area contributed by atoms with Crippen molar-refractivity contribution in [3.05, 3.63) is 197 Å². The third-order valence-electron chi connectivity index (χ3n) is 11.8. The topological polar surface area (TPSA) is 29.0 Å². The predicted octanol–water partition coefficient (Wildman–Crippen LogP) is 16.1. The van der Waals surface area contributed by atoms with Gasteiger partial charge < -0.3 is 4.90 Å². The molecule has 0 amide bonds. The fourth-order valence-corrected chi connectivity index (χ4v) is 8.36. The molecule has 2 aromatic heterocycles. The third-order valence-corrected chi connectivity index (χ3v) is 11.8. The van der Waals surface area contributed by atoms with Crippen molar-refractivity contribution in [2.45, 2.75) is 80.1 Å². The van der Waals surface area contributed by atoms with Crippen LogP contribution < -0.4 is 4.90 Å². The van der Waals surface area contributed by atoms with Gasteiger partial charge in [-0.1, -0.05) is 144 Å². The number of rotatable bonds is 8. The van der Waals surface area contributed by atoms with E-state index in [1.165, 1.54) is 55.6 Å². The molecule has 3 nitrogen and oxygen atoms in total. The van der Waals surface area contributed by atoms with Crippen LogP contribution in [0.3, 0.4) is 0 Å². The van der Waals surface area contributed by atoms with Gasteiger partial charge in [0, 0.05) is 40.5 Å². The molecule has 0 aliphatic heterocycles. The minimum atomic E-state index is -0.147. The van der Waals surface area contributed by atoms with Gasteiger partial charge in [0.2, 0.25) is 0 Å². The van der Waals surface area contributed by atoms with E-state index >= 15 is 0 Å². The van der Waals surface area contributed by atoms with Crippen molar-refractivity contribution in [1.29, 1.82) is 0 Å². The molecule has 304 valence electrons. The minimum absolute atomic E-state index is 0.147. The molecule has 0 radical (unpaired) electrons. The molecule has 8 rings (SSSR count). The molecule has 0 aliphatic carbocycles. The van der Waals surface area contributed by atoms with Crippen molar-refractivity contribution in [3.8, 4) is 55.9 Å². The van der Waals surface area contributed by atoms with Crippen LogP contribution in [0.5, 0.6) is 0 Å². The van der Waals surface area contributed by atoms with Crippen molar-refractivity contribution in [1.82, 2.24) is 9.97 Å². The van der Waals surface area contributed by atoms with E-state index in [1.807, 2.05) is 12.4 Å². The van der Waals surface area contributed by atoms with Crippen molar-refractivity contribution < 1.29 is 0 Å². The average Bonchev–Trinajstić information content (AvgIpc) is 3.25. The summed E-state index contributed by atoms with van der Waals surface area (Å²) in [5.41, 5.74) is 21.4. The fraction of sp³-hybridized carbons (Fsp3) is 0.207. The normalized spacial score (nSPS) is 11.8. The maximum absolute atomic E-state index is 5.11. The first kappa shape index (κ1) is 41.2. The number of aryl methyl sites for hydroxylation is 4. The SMILES string of the molecule is Cc1cc(C)c(N(c2cc(-c3cc(-c4ccccc4)c(C)cn3)cc(C(C)(C)C)c2)c2cc(-c3cc(-c4ccccc4)c(C)cn3)cc(C(C)(C)C)c2)c(-c2ccccc2)c1. The van der Waals surface area contributed by atoms with Crippen LogP contribution in [0.4, 0.5) is 17.1 Å². The van der Waals surface area contributed by atoms with Crippen molar-refractivity contribution in [3.63, 3.8) is 0 Å². The number of hydrogen-bond acceptors (Lipinski definition) is 3. The van der Waals surface area contributed by atoms with Gasteiger partial charge in [0.1, 0.15) is 0 Å². The van der Waals surface area contributed by atoms with Gasteiger partial charge in [-0.3, -0.25) is 9.97 Å². The first-order chi connectivity index (χ1) is 29.1. The zero-order valence-electron chi connectivity index (χ0n) is 37.4. The fourth-order valence-electron chi connectivity index (χ4n) is 8.36. The molecule has 2 heterocycles. The van der Waals surface area contributed by atoms with E-state index < -0.39 is 0 Å². The van der Waals surface area contributed by atoms with Crippen LogP contribution in [0, 0.1) is 27.7 Å². The maximum Gasteiger partial charge on any atom is 0.0709 e. The number of aromatic nitrogens is 2. The van der Waals surface area contributed by atoms with Gasteiger partial charge in [-0.05, 0) is 149 Å². The highest BCUT2D eigenvalue weighted by Gasteiger charge is 2.27. The lowest BCUT2D eigenvalue weighted by Crippen LogP contribution is -2.18. The Morgan fingerprint density at radius 1 is 0.377 bits per heavy atom. The van der Waals surface area contributed by atoms with E-state index in [0.29, 0.717) is 0 Å². The van der Waals surface area contributed by atoms with Crippen LogP contribution in [-0.4, -0.2) is 9.97 Å². The summed E-state index contributed by atoms with van der Waals surface area (Å²) in [5.74, 6) is 0. The Hall–Kier alpha value is -6.58. The standard InChI is InChI=1S/C58H57N3/c1-38-26-39(2)56(53(27-38)44-24-18-13-19-25-44)61(49-30-45(28-47(32-49)57(5,6)7)54-34-51(40(3)36-59-54)42-20-14-11-15-21-42)50-31-46(29-48(33-50)58(8,9)10)55-35-52(41(4)37-60-55)43-22-16-12-17-23-43/h11-37H,1-10H3. The van der Waals surface area contributed by atoms with E-state index in [0.717, 1.165) is 50.7 Å². The molecule has 0 atom stereocenters. The lowest BCUT2D eigenvalue weighted by molar-refractivity contribution is 0.590. The molecule has 6 aromatic carbocycles. The van der Waals surface area contributed by atoms with Crippen LogP contribution >= 0.6 is 0 Å². The summed E-state index contributed by atoms with van der Waals surface area (Å²) in [6, 6.07) is 55.5. The van der Waals surface area contributed by atoms with Crippen molar-refractivity contribution in [2.24, 2.45) is 0 Å². The number of benzene rings is 6. The molecule has 61 heavy (non-hydrogen) atoms. The van der Waals surface area contributed by atoms with Gasteiger partial charge in [0.25, 0.3) is 0 Å². The Kier molecular flexibility index (Phi) is 11.1. The summed E-state index contributed by atoms with van der Waals surface area (Å²) in [4.78, 5) is 12.7. The van der Waals surface area contributed by atoms with Crippen molar-refractivity contribution >= 4 is 17.1 Å². The van der Waals surface area contributed by atoms with E-state index in [9.17, 15) is 0 Å². The molecule has 0 fully saturated rings. The van der Waals surface area contributed by atoms with Crippen LogP contribution in [0.15, 0.2) is 164 Å². The van der Waals surface area contributed by atoms with Crippen LogP contribution in [0.2, 0.25) is 0 Å². The number of hydrogen-bond donors (Lipinski definition) is 0. The minimum Gasteiger partial charge on any atom is -0.310 e. The van der Waals surface area contributed by atoms with Gasteiger partial charge in [-0.25, -0.2) is 0 Å². The summed E-state index contributed by atoms with van der Waals surface area (Å²) in [7, 11) is 0. The summed E-state index contributed by atoms with van der Waals surface area (Å²) < 4.78 is 0. The molecule has 0 saturated heterocycles. The van der Waals surface area contributed by atoms with Gasteiger partial charge in [-0.15, -0.1) is 0 Å². The number of pyridine rings is 2. The predicted molar refractivity (Wildman–Crippen MR) is 260 cm³/mol. The highest BCUT2D eigenvalue weighted by atomic mass is 15.1. The lowest BCUT2D eigenvalue weighted by atomic mass is 9.84. The highest BCUT2D eigenvalue weighted by Crippen LogP contribution is 2.47. The molecule has 0 spiro atoms. The second-order valence-electron chi connectivity index (χ2n) is 18.7. The monoisotopic (exact) mass is 795 g/mol. The first-order valence-corrected chi connectivity index (χ1v) is 21.5. The largest absolute Gasteiger partial charge is 0.310 e. The summed E-state index contributed by atoms with van der Waals surface area (Å²) >= 11 is 0. The highest BCUT2D eigenvalue weighted by molar-refractivity contribution is 5.93. The number of anilines is 3. The molecule has 0 unspecified atom stereocenters. The first-order valence-electron chi connectivity index (χ1n) is 21.5. The van der Waals surface area contributed by atoms with E-state index in [2.05, 4.69) is 226 Å². The molecule has 8 aromatic rings. The Labute approximate surface area is 363 Å². The molecule has 0 N–H and O–H groups in total. The van der Waals surface area contributed by atoms with Gasteiger partial charge >= 0.3 is 0 Å². The molecular formula is C58H57N3. The van der Waals surface area contributed by atoms with Gasteiger partial charge in [0.05, 0.1) is 17.1 Å². The second kappa shape index (κ2) is 16.5. The third kappa shape index (κ3) is 8.70. The van der Waals surface area contributed by atoms with E-state index in [-0.39, 0.29) is 10.8 Å². The molecule has 0 saturated carbocycles.